The molecule has 0 saturated heterocycles. The van der Waals surface area contributed by atoms with E-state index in [-0.39, 0.29) is 24.7 Å². The van der Waals surface area contributed by atoms with Gasteiger partial charge in [-0.2, -0.15) is 8.78 Å². The van der Waals surface area contributed by atoms with Crippen molar-refractivity contribution in [1.82, 2.24) is 0 Å². The molecule has 0 bridgehead atoms. The van der Waals surface area contributed by atoms with E-state index in [0.717, 1.165) is 5.56 Å². The van der Waals surface area contributed by atoms with Crippen molar-refractivity contribution < 1.29 is 27.8 Å². The normalized spacial score (nSPS) is 13.7. The molecule has 0 aliphatic heterocycles. The summed E-state index contributed by atoms with van der Waals surface area (Å²) in [5.74, 6) is -2.02. The Hall–Kier alpha value is -1.86. The summed E-state index contributed by atoms with van der Waals surface area (Å²) in [4.78, 5) is 24.3. The average Bonchev–Trinajstić information content (AvgIpc) is 2.56. The first kappa shape index (κ1) is 21.2. The molecular formula is C18H25F2NO4. The lowest BCUT2D eigenvalue weighted by Crippen LogP contribution is -2.36. The van der Waals surface area contributed by atoms with E-state index in [4.69, 9.17) is 10.5 Å². The maximum absolute atomic E-state index is 12.3. The Bertz CT molecular complexity index is 537. The minimum absolute atomic E-state index is 0.00289. The van der Waals surface area contributed by atoms with E-state index in [2.05, 4.69) is 4.74 Å². The van der Waals surface area contributed by atoms with E-state index >= 15 is 0 Å². The van der Waals surface area contributed by atoms with Gasteiger partial charge in [-0.3, -0.25) is 9.59 Å². The third-order valence-electron chi connectivity index (χ3n) is 3.57. The summed E-state index contributed by atoms with van der Waals surface area (Å²) < 4.78 is 33.9. The molecule has 2 atom stereocenters. The number of nitrogens with two attached hydrogens (primary N) is 1. The molecule has 7 heteroatoms. The Morgan fingerprint density at radius 3 is 2.36 bits per heavy atom. The van der Waals surface area contributed by atoms with Crippen molar-refractivity contribution in [1.29, 1.82) is 0 Å². The second kappa shape index (κ2) is 10.9. The molecule has 0 aliphatic carbocycles. The summed E-state index contributed by atoms with van der Waals surface area (Å²) in [6.07, 6.45) is 0.175. The molecule has 1 aromatic rings. The van der Waals surface area contributed by atoms with Crippen LogP contribution in [0, 0.1) is 11.8 Å². The Labute approximate surface area is 146 Å². The van der Waals surface area contributed by atoms with E-state index in [9.17, 15) is 18.4 Å². The number of carbonyl (C=O) groups is 2. The van der Waals surface area contributed by atoms with Crippen molar-refractivity contribution in [2.45, 2.75) is 45.9 Å². The summed E-state index contributed by atoms with van der Waals surface area (Å²) in [6, 6.07) is 8.18. The van der Waals surface area contributed by atoms with Gasteiger partial charge in [-0.1, -0.05) is 44.2 Å². The zero-order valence-corrected chi connectivity index (χ0v) is 14.5. The topological polar surface area (TPSA) is 78.6 Å². The van der Waals surface area contributed by atoms with Gasteiger partial charge in [-0.15, -0.1) is 0 Å². The molecule has 0 aliphatic rings. The van der Waals surface area contributed by atoms with Crippen molar-refractivity contribution in [3.63, 3.8) is 0 Å². The van der Waals surface area contributed by atoms with Crippen LogP contribution < -0.4 is 5.73 Å². The molecule has 5 nitrogen and oxygen atoms in total. The summed E-state index contributed by atoms with van der Waals surface area (Å²) in [7, 11) is 0. The molecule has 140 valence electrons. The minimum Gasteiger partial charge on any atom is -0.461 e. The average molecular weight is 357 g/mol. The highest BCUT2D eigenvalue weighted by Gasteiger charge is 2.27. The van der Waals surface area contributed by atoms with Crippen molar-refractivity contribution in [2.75, 3.05) is 6.61 Å². The molecule has 0 saturated carbocycles. The van der Waals surface area contributed by atoms with Crippen molar-refractivity contribution in [3.05, 3.63) is 35.9 Å². The van der Waals surface area contributed by atoms with E-state index in [1.54, 1.807) is 24.3 Å². The Morgan fingerprint density at radius 2 is 1.80 bits per heavy atom. The maximum Gasteiger partial charge on any atom is 0.345 e. The standard InChI is InChI=1S/C18H25F2NO4/c1-12(2)8-15(21)16(22)9-14(11-25-18(19)20)17(23)24-10-13-6-4-3-5-7-13/h3-7,12,14-15,18H,8-11,21H2,1-2H3/t14-,15-/m0/s1. The van der Waals surface area contributed by atoms with E-state index in [0.29, 0.717) is 6.42 Å². The monoisotopic (exact) mass is 357 g/mol. The van der Waals surface area contributed by atoms with Gasteiger partial charge >= 0.3 is 12.6 Å². The lowest BCUT2D eigenvalue weighted by molar-refractivity contribution is -0.166. The van der Waals surface area contributed by atoms with Crippen LogP contribution in [-0.4, -0.2) is 31.0 Å². The van der Waals surface area contributed by atoms with E-state index in [1.807, 2.05) is 19.9 Å². The second-order valence-corrected chi connectivity index (χ2v) is 6.29. The highest BCUT2D eigenvalue weighted by Crippen LogP contribution is 2.15. The highest BCUT2D eigenvalue weighted by molar-refractivity contribution is 5.88. The lowest BCUT2D eigenvalue weighted by atomic mass is 9.94. The molecule has 0 fully saturated rings. The van der Waals surface area contributed by atoms with Crippen LogP contribution in [0.25, 0.3) is 0 Å². The number of hydrogen-bond donors (Lipinski definition) is 1. The van der Waals surface area contributed by atoms with E-state index in [1.165, 1.54) is 0 Å². The molecule has 1 rings (SSSR count). The van der Waals surface area contributed by atoms with Crippen LogP contribution in [0.5, 0.6) is 0 Å². The van der Waals surface area contributed by atoms with Gasteiger partial charge in [-0.05, 0) is 17.9 Å². The fraction of sp³-hybridized carbons (Fsp3) is 0.556. The number of rotatable bonds is 11. The van der Waals surface area contributed by atoms with E-state index < -0.39 is 31.1 Å². The molecule has 0 spiro atoms. The third-order valence-corrected chi connectivity index (χ3v) is 3.57. The van der Waals surface area contributed by atoms with Gasteiger partial charge in [0.25, 0.3) is 0 Å². The number of Topliss-reactive ketones (excluding diaryl/α,β-unsaturated/α-hetero) is 1. The fourth-order valence-electron chi connectivity index (χ4n) is 2.28. The zero-order valence-electron chi connectivity index (χ0n) is 14.5. The summed E-state index contributed by atoms with van der Waals surface area (Å²) in [6.45, 7) is 0.212. The van der Waals surface area contributed by atoms with Crippen LogP contribution in [0.15, 0.2) is 30.3 Å². The molecular weight excluding hydrogens is 332 g/mol. The molecule has 0 unspecified atom stereocenters. The van der Waals surface area contributed by atoms with Crippen molar-refractivity contribution >= 4 is 11.8 Å². The Balaban J connectivity index is 2.64. The first-order chi connectivity index (χ1) is 11.8. The molecule has 0 heterocycles. The summed E-state index contributed by atoms with van der Waals surface area (Å²) >= 11 is 0. The SMILES string of the molecule is CC(C)C[C@H](N)C(=O)C[C@@H](COC(F)F)C(=O)OCc1ccccc1. The minimum atomic E-state index is -3.02. The maximum atomic E-state index is 12.3. The van der Waals surface area contributed by atoms with Crippen LogP contribution in [0.4, 0.5) is 8.78 Å². The second-order valence-electron chi connectivity index (χ2n) is 6.29. The van der Waals surface area contributed by atoms with Gasteiger partial charge in [0.05, 0.1) is 18.6 Å². The molecule has 0 amide bonds. The van der Waals surface area contributed by atoms with Crippen LogP contribution in [0.1, 0.15) is 32.3 Å². The number of ether oxygens (including phenoxy) is 2. The highest BCUT2D eigenvalue weighted by atomic mass is 19.3. The fourth-order valence-corrected chi connectivity index (χ4v) is 2.28. The Morgan fingerprint density at radius 1 is 1.16 bits per heavy atom. The van der Waals surface area contributed by atoms with Gasteiger partial charge < -0.3 is 15.2 Å². The quantitative estimate of drug-likeness (QED) is 0.616. The van der Waals surface area contributed by atoms with Crippen molar-refractivity contribution in [2.24, 2.45) is 17.6 Å². The largest absolute Gasteiger partial charge is 0.461 e. The number of benzene rings is 1. The number of hydrogen-bond acceptors (Lipinski definition) is 5. The van der Waals surface area contributed by atoms with Crippen LogP contribution in [0.2, 0.25) is 0 Å². The number of halogens is 2. The smallest absolute Gasteiger partial charge is 0.345 e. The molecule has 1 aromatic carbocycles. The third kappa shape index (κ3) is 8.69. The summed E-state index contributed by atoms with van der Waals surface area (Å²) in [5.41, 5.74) is 6.55. The number of ketones is 1. The van der Waals surface area contributed by atoms with Crippen LogP contribution in [-0.2, 0) is 25.7 Å². The molecule has 0 radical (unpaired) electrons. The van der Waals surface area contributed by atoms with Crippen molar-refractivity contribution in [3.8, 4) is 0 Å². The first-order valence-electron chi connectivity index (χ1n) is 8.18. The Kier molecular flexibility index (Phi) is 9.23. The molecule has 25 heavy (non-hydrogen) atoms. The van der Waals surface area contributed by atoms with Gasteiger partial charge in [0.2, 0.25) is 0 Å². The van der Waals surface area contributed by atoms with Gasteiger partial charge in [0.15, 0.2) is 0 Å². The number of esters is 1. The molecule has 2 N–H and O–H groups in total. The number of carbonyl (C=O) groups excluding carboxylic acids is 2. The molecule has 0 aromatic heterocycles. The number of alkyl halides is 2. The van der Waals surface area contributed by atoms with Crippen LogP contribution >= 0.6 is 0 Å². The van der Waals surface area contributed by atoms with Crippen LogP contribution in [0.3, 0.4) is 0 Å². The van der Waals surface area contributed by atoms with Gasteiger partial charge in [0.1, 0.15) is 12.4 Å². The van der Waals surface area contributed by atoms with Gasteiger partial charge in [0, 0.05) is 6.42 Å². The lowest BCUT2D eigenvalue weighted by Gasteiger charge is -2.18. The first-order valence-corrected chi connectivity index (χ1v) is 8.18. The van der Waals surface area contributed by atoms with Gasteiger partial charge in [-0.25, -0.2) is 0 Å². The predicted molar refractivity (Wildman–Crippen MR) is 88.7 cm³/mol. The zero-order chi connectivity index (χ0) is 18.8. The summed E-state index contributed by atoms with van der Waals surface area (Å²) in [5, 5.41) is 0. The predicted octanol–water partition coefficient (Wildman–Crippen LogP) is 2.92.